The summed E-state index contributed by atoms with van der Waals surface area (Å²) in [6.45, 7) is -0.218. The first kappa shape index (κ1) is 8.79. The van der Waals surface area contributed by atoms with Crippen LogP contribution in [0.25, 0.3) is 0 Å². The molecular formula is C10H10O2. The normalized spacial score (nSPS) is 11.5. The molecule has 0 amide bonds. The summed E-state index contributed by atoms with van der Waals surface area (Å²) in [5.41, 5.74) is 0.749. The van der Waals surface area contributed by atoms with Gasteiger partial charge in [-0.1, -0.05) is 42.2 Å². The van der Waals surface area contributed by atoms with Gasteiger partial charge in [0.15, 0.2) is 0 Å². The van der Waals surface area contributed by atoms with Crippen molar-refractivity contribution >= 4 is 0 Å². The van der Waals surface area contributed by atoms with Gasteiger partial charge >= 0.3 is 0 Å². The maximum atomic E-state index is 9.37. The molecule has 2 heteroatoms. The van der Waals surface area contributed by atoms with Crippen LogP contribution in [0.2, 0.25) is 0 Å². The average molecular weight is 162 g/mol. The summed E-state index contributed by atoms with van der Waals surface area (Å²) < 4.78 is 0. The van der Waals surface area contributed by atoms with E-state index in [0.717, 1.165) is 5.56 Å². The average Bonchev–Trinajstić information content (AvgIpc) is 2.15. The summed E-state index contributed by atoms with van der Waals surface area (Å²) >= 11 is 0. The SMILES string of the molecule is OCC#CC(O)c1ccccc1. The van der Waals surface area contributed by atoms with E-state index in [4.69, 9.17) is 5.11 Å². The number of aliphatic hydroxyl groups excluding tert-OH is 2. The molecule has 12 heavy (non-hydrogen) atoms. The molecule has 0 aromatic heterocycles. The highest BCUT2D eigenvalue weighted by Crippen LogP contribution is 2.09. The Morgan fingerprint density at radius 3 is 2.50 bits per heavy atom. The van der Waals surface area contributed by atoms with E-state index < -0.39 is 6.10 Å². The van der Waals surface area contributed by atoms with Crippen molar-refractivity contribution in [2.75, 3.05) is 6.61 Å². The van der Waals surface area contributed by atoms with Gasteiger partial charge < -0.3 is 10.2 Å². The molecule has 1 rings (SSSR count). The minimum atomic E-state index is -0.793. The van der Waals surface area contributed by atoms with Crippen LogP contribution in [0.3, 0.4) is 0 Å². The number of benzene rings is 1. The highest BCUT2D eigenvalue weighted by molar-refractivity contribution is 5.24. The smallest absolute Gasteiger partial charge is 0.140 e. The first-order chi connectivity index (χ1) is 5.84. The Hall–Kier alpha value is -1.30. The fourth-order valence-electron chi connectivity index (χ4n) is 0.861. The van der Waals surface area contributed by atoms with Crippen molar-refractivity contribution in [2.24, 2.45) is 0 Å². The van der Waals surface area contributed by atoms with Crippen LogP contribution in [-0.2, 0) is 0 Å². The predicted molar refractivity (Wildman–Crippen MR) is 46.3 cm³/mol. The third kappa shape index (κ3) is 2.39. The fourth-order valence-corrected chi connectivity index (χ4v) is 0.861. The van der Waals surface area contributed by atoms with E-state index in [9.17, 15) is 5.11 Å². The Labute approximate surface area is 71.5 Å². The Kier molecular flexibility index (Phi) is 3.34. The molecule has 0 heterocycles. The van der Waals surface area contributed by atoms with E-state index in [-0.39, 0.29) is 6.61 Å². The van der Waals surface area contributed by atoms with Gasteiger partial charge in [-0.05, 0) is 5.56 Å². The van der Waals surface area contributed by atoms with Crippen molar-refractivity contribution in [2.45, 2.75) is 6.10 Å². The quantitative estimate of drug-likeness (QED) is 0.597. The molecule has 0 saturated heterocycles. The van der Waals surface area contributed by atoms with E-state index in [2.05, 4.69) is 11.8 Å². The second-order valence-electron chi connectivity index (χ2n) is 2.29. The van der Waals surface area contributed by atoms with Crippen LogP contribution in [0.1, 0.15) is 11.7 Å². The Bertz CT molecular complexity index is 282. The van der Waals surface area contributed by atoms with Gasteiger partial charge in [0.1, 0.15) is 12.7 Å². The van der Waals surface area contributed by atoms with Gasteiger partial charge in [0, 0.05) is 0 Å². The van der Waals surface area contributed by atoms with E-state index >= 15 is 0 Å². The van der Waals surface area contributed by atoms with Gasteiger partial charge in [0.2, 0.25) is 0 Å². The molecule has 1 aromatic carbocycles. The summed E-state index contributed by atoms with van der Waals surface area (Å²) in [6, 6.07) is 9.11. The highest BCUT2D eigenvalue weighted by atomic mass is 16.3. The summed E-state index contributed by atoms with van der Waals surface area (Å²) in [6.07, 6.45) is -0.793. The number of hydrogen-bond donors (Lipinski definition) is 2. The maximum Gasteiger partial charge on any atom is 0.140 e. The third-order valence-electron chi connectivity index (χ3n) is 1.43. The van der Waals surface area contributed by atoms with Crippen molar-refractivity contribution in [3.05, 3.63) is 35.9 Å². The van der Waals surface area contributed by atoms with Crippen molar-refractivity contribution in [3.63, 3.8) is 0 Å². The van der Waals surface area contributed by atoms with Crippen molar-refractivity contribution < 1.29 is 10.2 Å². The molecule has 0 spiro atoms. The molecule has 62 valence electrons. The fraction of sp³-hybridized carbons (Fsp3) is 0.200. The molecule has 1 aromatic rings. The minimum Gasteiger partial charge on any atom is -0.384 e. The Morgan fingerprint density at radius 2 is 1.92 bits per heavy atom. The lowest BCUT2D eigenvalue weighted by Crippen LogP contribution is -1.92. The maximum absolute atomic E-state index is 9.37. The predicted octanol–water partition coefficient (Wildman–Crippen LogP) is 0.716. The molecule has 2 N–H and O–H groups in total. The van der Waals surface area contributed by atoms with Crippen molar-refractivity contribution in [1.82, 2.24) is 0 Å². The molecule has 0 bridgehead atoms. The molecular weight excluding hydrogens is 152 g/mol. The lowest BCUT2D eigenvalue weighted by molar-refractivity contribution is 0.237. The minimum absolute atomic E-state index is 0.218. The lowest BCUT2D eigenvalue weighted by atomic mass is 10.1. The van der Waals surface area contributed by atoms with Crippen LogP contribution in [-0.4, -0.2) is 16.8 Å². The van der Waals surface area contributed by atoms with Gasteiger partial charge in [-0.25, -0.2) is 0 Å². The van der Waals surface area contributed by atoms with E-state index in [1.165, 1.54) is 0 Å². The molecule has 0 aliphatic rings. The Morgan fingerprint density at radius 1 is 1.25 bits per heavy atom. The van der Waals surface area contributed by atoms with Crippen LogP contribution < -0.4 is 0 Å². The molecule has 1 unspecified atom stereocenters. The van der Waals surface area contributed by atoms with E-state index in [1.807, 2.05) is 18.2 Å². The summed E-state index contributed by atoms with van der Waals surface area (Å²) in [5.74, 6) is 4.91. The first-order valence-electron chi connectivity index (χ1n) is 3.67. The van der Waals surface area contributed by atoms with Gasteiger partial charge in [0.05, 0.1) is 0 Å². The molecule has 0 saturated carbocycles. The van der Waals surface area contributed by atoms with Crippen LogP contribution in [0, 0.1) is 11.8 Å². The van der Waals surface area contributed by atoms with Gasteiger partial charge in [-0.15, -0.1) is 0 Å². The summed E-state index contributed by atoms with van der Waals surface area (Å²) in [7, 11) is 0. The number of aliphatic hydroxyl groups is 2. The second kappa shape index (κ2) is 4.55. The zero-order chi connectivity index (χ0) is 8.81. The van der Waals surface area contributed by atoms with Gasteiger partial charge in [-0.3, -0.25) is 0 Å². The molecule has 0 aliphatic heterocycles. The molecule has 0 radical (unpaired) electrons. The number of rotatable bonds is 1. The zero-order valence-corrected chi connectivity index (χ0v) is 6.57. The van der Waals surface area contributed by atoms with Crippen molar-refractivity contribution in [1.29, 1.82) is 0 Å². The molecule has 1 atom stereocenters. The summed E-state index contributed by atoms with van der Waals surface area (Å²) in [5, 5.41) is 17.7. The first-order valence-corrected chi connectivity index (χ1v) is 3.67. The van der Waals surface area contributed by atoms with Crippen LogP contribution in [0.4, 0.5) is 0 Å². The molecule has 2 nitrogen and oxygen atoms in total. The number of hydrogen-bond acceptors (Lipinski definition) is 2. The highest BCUT2D eigenvalue weighted by Gasteiger charge is 1.99. The van der Waals surface area contributed by atoms with Crippen LogP contribution in [0.15, 0.2) is 30.3 Å². The standard InChI is InChI=1S/C10H10O2/c11-8-4-7-10(12)9-5-2-1-3-6-9/h1-3,5-6,10-12H,8H2. The van der Waals surface area contributed by atoms with Crippen LogP contribution >= 0.6 is 0 Å². The Balaban J connectivity index is 2.72. The monoisotopic (exact) mass is 162 g/mol. The van der Waals surface area contributed by atoms with E-state index in [0.29, 0.717) is 0 Å². The van der Waals surface area contributed by atoms with Gasteiger partial charge in [-0.2, -0.15) is 0 Å². The lowest BCUT2D eigenvalue weighted by Gasteiger charge is -2.01. The topological polar surface area (TPSA) is 40.5 Å². The summed E-state index contributed by atoms with van der Waals surface area (Å²) in [4.78, 5) is 0. The van der Waals surface area contributed by atoms with Gasteiger partial charge in [0.25, 0.3) is 0 Å². The molecule has 0 fully saturated rings. The molecule has 0 aliphatic carbocycles. The largest absolute Gasteiger partial charge is 0.384 e. The van der Waals surface area contributed by atoms with E-state index in [1.54, 1.807) is 12.1 Å². The second-order valence-corrected chi connectivity index (χ2v) is 2.29. The third-order valence-corrected chi connectivity index (χ3v) is 1.43. The zero-order valence-electron chi connectivity index (χ0n) is 6.57. The van der Waals surface area contributed by atoms with Crippen molar-refractivity contribution in [3.8, 4) is 11.8 Å². The van der Waals surface area contributed by atoms with Crippen LogP contribution in [0.5, 0.6) is 0 Å².